The number of alkyl halides is 2. The molecule has 0 aliphatic heterocycles. The molecule has 2 aromatic heterocycles. The van der Waals surface area contributed by atoms with E-state index in [9.17, 15) is 13.9 Å². The number of hydrogen-bond acceptors (Lipinski definition) is 6. The van der Waals surface area contributed by atoms with Gasteiger partial charge >= 0.3 is 5.92 Å². The Kier molecular flexibility index (Phi) is 6.01. The molecule has 2 heterocycles. The zero-order valence-corrected chi connectivity index (χ0v) is 16.1. The van der Waals surface area contributed by atoms with Crippen molar-refractivity contribution in [2.24, 2.45) is 5.92 Å². The third-order valence-corrected chi connectivity index (χ3v) is 4.32. The lowest BCUT2D eigenvalue weighted by atomic mass is 9.84. The van der Waals surface area contributed by atoms with Crippen molar-refractivity contribution in [1.82, 2.24) is 25.2 Å². The standard InChI is InChI=1S/C19H19F4N5O2/c1-12(2)9-30-14-4-6-17(24-8-14)19(22,23)18(29,10-28-11-25-26-27-28)15-5-3-13(20)7-16(15)21/h3-8,11-12,29H,9-10H2,1-2H3. The molecule has 1 N–H and O–H groups in total. The van der Waals surface area contributed by atoms with E-state index in [1.165, 1.54) is 6.07 Å². The Balaban J connectivity index is 2.03. The van der Waals surface area contributed by atoms with Crippen LogP contribution >= 0.6 is 0 Å². The number of ether oxygens (including phenoxy) is 1. The van der Waals surface area contributed by atoms with Gasteiger partial charge < -0.3 is 9.84 Å². The van der Waals surface area contributed by atoms with E-state index in [-0.39, 0.29) is 11.7 Å². The minimum Gasteiger partial charge on any atom is -0.492 e. The van der Waals surface area contributed by atoms with Crippen molar-refractivity contribution in [2.75, 3.05) is 6.61 Å². The summed E-state index contributed by atoms with van der Waals surface area (Å²) in [5, 5.41) is 21.2. The fourth-order valence-corrected chi connectivity index (χ4v) is 2.79. The first-order valence-electron chi connectivity index (χ1n) is 8.99. The molecule has 0 bridgehead atoms. The third-order valence-electron chi connectivity index (χ3n) is 4.32. The highest BCUT2D eigenvalue weighted by molar-refractivity contribution is 5.32. The molecule has 0 radical (unpaired) electrons. The smallest absolute Gasteiger partial charge is 0.323 e. The lowest BCUT2D eigenvalue weighted by Gasteiger charge is -2.35. The molecule has 0 spiro atoms. The molecule has 0 aliphatic carbocycles. The highest BCUT2D eigenvalue weighted by Gasteiger charge is 2.58. The van der Waals surface area contributed by atoms with Crippen molar-refractivity contribution in [1.29, 1.82) is 0 Å². The van der Waals surface area contributed by atoms with Crippen molar-refractivity contribution < 1.29 is 27.4 Å². The molecule has 0 saturated heterocycles. The Hall–Kier alpha value is -3.08. The number of hydrogen-bond donors (Lipinski definition) is 1. The minimum atomic E-state index is -4.10. The van der Waals surface area contributed by atoms with E-state index in [2.05, 4.69) is 20.5 Å². The highest BCUT2D eigenvalue weighted by Crippen LogP contribution is 2.46. The van der Waals surface area contributed by atoms with Crippen LogP contribution in [-0.2, 0) is 18.1 Å². The monoisotopic (exact) mass is 425 g/mol. The minimum absolute atomic E-state index is 0.217. The maximum absolute atomic E-state index is 15.5. The number of halogens is 4. The number of aliphatic hydroxyl groups is 1. The number of tetrazole rings is 1. The van der Waals surface area contributed by atoms with E-state index in [0.29, 0.717) is 12.7 Å². The molecular weight excluding hydrogens is 406 g/mol. The lowest BCUT2D eigenvalue weighted by molar-refractivity contribution is -0.207. The Bertz CT molecular complexity index is 983. The molecule has 11 heteroatoms. The maximum atomic E-state index is 15.5. The van der Waals surface area contributed by atoms with Crippen molar-refractivity contribution >= 4 is 0 Å². The van der Waals surface area contributed by atoms with Gasteiger partial charge in [-0.2, -0.15) is 8.78 Å². The molecule has 0 fully saturated rings. The molecule has 1 aromatic carbocycles. The fraction of sp³-hybridized carbons (Fsp3) is 0.368. The van der Waals surface area contributed by atoms with Crippen molar-refractivity contribution in [2.45, 2.75) is 31.9 Å². The summed E-state index contributed by atoms with van der Waals surface area (Å²) in [5.41, 5.74) is -4.84. The van der Waals surface area contributed by atoms with Crippen molar-refractivity contribution in [3.8, 4) is 5.75 Å². The molecule has 0 aliphatic rings. The number of aromatic nitrogens is 5. The Morgan fingerprint density at radius 3 is 2.50 bits per heavy atom. The van der Waals surface area contributed by atoms with Gasteiger partial charge in [0.1, 0.15) is 29.4 Å². The second-order valence-corrected chi connectivity index (χ2v) is 7.15. The van der Waals surface area contributed by atoms with Crippen LogP contribution in [0.4, 0.5) is 17.6 Å². The molecular formula is C19H19F4N5O2. The summed E-state index contributed by atoms with van der Waals surface area (Å²) in [6, 6.07) is 4.18. The maximum Gasteiger partial charge on any atom is 0.323 e. The molecule has 30 heavy (non-hydrogen) atoms. The topological polar surface area (TPSA) is 86.0 Å². The summed E-state index contributed by atoms with van der Waals surface area (Å²) >= 11 is 0. The fourth-order valence-electron chi connectivity index (χ4n) is 2.79. The second kappa shape index (κ2) is 8.34. The molecule has 3 aromatic rings. The van der Waals surface area contributed by atoms with Gasteiger partial charge in [-0.15, -0.1) is 5.10 Å². The van der Waals surface area contributed by atoms with Crippen LogP contribution in [0.25, 0.3) is 0 Å². The predicted octanol–water partition coefficient (Wildman–Crippen LogP) is 3.06. The van der Waals surface area contributed by atoms with Crippen LogP contribution in [-0.4, -0.2) is 36.9 Å². The first-order valence-corrected chi connectivity index (χ1v) is 8.99. The van der Waals surface area contributed by atoms with Gasteiger partial charge in [0.15, 0.2) is 5.60 Å². The first kappa shape index (κ1) is 21.6. The SMILES string of the molecule is CC(C)COc1ccc(C(F)(F)C(O)(Cn2cnnn2)c2ccc(F)cc2F)nc1. The average Bonchev–Trinajstić information content (AvgIpc) is 3.19. The summed E-state index contributed by atoms with van der Waals surface area (Å²) in [4.78, 5) is 3.70. The van der Waals surface area contributed by atoms with Crippen LogP contribution in [0.3, 0.4) is 0 Å². The molecule has 3 rings (SSSR count). The first-order chi connectivity index (χ1) is 14.1. The van der Waals surface area contributed by atoms with E-state index in [0.717, 1.165) is 35.4 Å². The Morgan fingerprint density at radius 2 is 1.93 bits per heavy atom. The lowest BCUT2D eigenvalue weighted by Crippen LogP contribution is -2.48. The van der Waals surface area contributed by atoms with Crippen LogP contribution in [0.1, 0.15) is 25.1 Å². The van der Waals surface area contributed by atoms with Gasteiger partial charge in [-0.25, -0.2) is 13.5 Å². The molecule has 1 atom stereocenters. The average molecular weight is 425 g/mol. The molecule has 7 nitrogen and oxygen atoms in total. The van der Waals surface area contributed by atoms with Gasteiger partial charge in [-0.3, -0.25) is 4.98 Å². The van der Waals surface area contributed by atoms with Gasteiger partial charge in [0.05, 0.1) is 19.3 Å². The van der Waals surface area contributed by atoms with Crippen LogP contribution < -0.4 is 4.74 Å². The van der Waals surface area contributed by atoms with Crippen molar-refractivity contribution in [3.63, 3.8) is 0 Å². The quantitative estimate of drug-likeness (QED) is 0.559. The molecule has 0 saturated carbocycles. The van der Waals surface area contributed by atoms with E-state index < -0.39 is 41.0 Å². The van der Waals surface area contributed by atoms with E-state index in [4.69, 9.17) is 4.74 Å². The normalized spacial score (nSPS) is 14.0. The van der Waals surface area contributed by atoms with E-state index in [1.807, 2.05) is 13.8 Å². The molecule has 1 unspecified atom stereocenters. The number of nitrogens with zero attached hydrogens (tertiary/aromatic N) is 5. The Labute approximate surface area is 169 Å². The highest BCUT2D eigenvalue weighted by atomic mass is 19.3. The third kappa shape index (κ3) is 4.25. The van der Waals surface area contributed by atoms with Gasteiger partial charge in [0, 0.05) is 11.6 Å². The van der Waals surface area contributed by atoms with Gasteiger partial charge in [-0.05, 0) is 40.6 Å². The Morgan fingerprint density at radius 1 is 1.17 bits per heavy atom. The largest absolute Gasteiger partial charge is 0.492 e. The van der Waals surface area contributed by atoms with Crippen LogP contribution in [0.2, 0.25) is 0 Å². The van der Waals surface area contributed by atoms with Crippen molar-refractivity contribution in [3.05, 3.63) is 65.7 Å². The predicted molar refractivity (Wildman–Crippen MR) is 96.5 cm³/mol. The van der Waals surface area contributed by atoms with Crippen LogP contribution in [0, 0.1) is 17.6 Å². The molecule has 160 valence electrons. The van der Waals surface area contributed by atoms with Gasteiger partial charge in [0.2, 0.25) is 0 Å². The molecule has 0 amide bonds. The van der Waals surface area contributed by atoms with E-state index in [1.54, 1.807) is 0 Å². The number of pyridine rings is 1. The zero-order chi connectivity index (χ0) is 21.9. The van der Waals surface area contributed by atoms with E-state index >= 15 is 8.78 Å². The van der Waals surface area contributed by atoms with Gasteiger partial charge in [0.25, 0.3) is 0 Å². The summed E-state index contributed by atoms with van der Waals surface area (Å²) in [6.45, 7) is 3.29. The summed E-state index contributed by atoms with van der Waals surface area (Å²) < 4.78 is 65.0. The zero-order valence-electron chi connectivity index (χ0n) is 16.1. The second-order valence-electron chi connectivity index (χ2n) is 7.15. The number of rotatable bonds is 8. The summed E-state index contributed by atoms with van der Waals surface area (Å²) in [7, 11) is 0. The number of benzene rings is 1. The van der Waals surface area contributed by atoms with Gasteiger partial charge in [-0.1, -0.05) is 13.8 Å². The summed E-state index contributed by atoms with van der Waals surface area (Å²) in [5.74, 6) is -5.95. The van der Waals surface area contributed by atoms with Crippen LogP contribution in [0.5, 0.6) is 5.75 Å². The summed E-state index contributed by atoms with van der Waals surface area (Å²) in [6.07, 6.45) is 2.07. The van der Waals surface area contributed by atoms with Crippen LogP contribution in [0.15, 0.2) is 42.9 Å².